The molecule has 118 valence electrons. The smallest absolute Gasteiger partial charge is 0.327 e. The van der Waals surface area contributed by atoms with Crippen molar-refractivity contribution < 1.29 is 0 Å². The second-order valence-corrected chi connectivity index (χ2v) is 6.19. The maximum atomic E-state index is 12.3. The maximum Gasteiger partial charge on any atom is 0.345 e. The first-order valence-corrected chi connectivity index (χ1v) is 7.92. The fourth-order valence-electron chi connectivity index (χ4n) is 3.20. The standard InChI is InChI=1S/C16H23N5O/c1-20-15(9-13-6-2-3-7-14(13)17)19-21(16(20)22)11-12-5-4-8-18-10-12/h4-5,8,10,13-14H,2-3,6-7,9,11,17H2,1H3/t13-,14-/m1/s1. The third kappa shape index (κ3) is 3.11. The topological polar surface area (TPSA) is 78.7 Å². The van der Waals surface area contributed by atoms with E-state index in [9.17, 15) is 4.79 Å². The van der Waals surface area contributed by atoms with Gasteiger partial charge in [-0.25, -0.2) is 9.48 Å². The Morgan fingerprint density at radius 3 is 2.91 bits per heavy atom. The Labute approximate surface area is 130 Å². The van der Waals surface area contributed by atoms with Crippen molar-refractivity contribution in [1.82, 2.24) is 19.3 Å². The molecule has 0 spiro atoms. The number of aromatic nitrogens is 4. The monoisotopic (exact) mass is 301 g/mol. The summed E-state index contributed by atoms with van der Waals surface area (Å²) < 4.78 is 3.17. The number of rotatable bonds is 4. The van der Waals surface area contributed by atoms with Gasteiger partial charge < -0.3 is 5.73 Å². The molecule has 1 fully saturated rings. The summed E-state index contributed by atoms with van der Waals surface area (Å²) in [5.41, 5.74) is 7.11. The van der Waals surface area contributed by atoms with Crippen molar-refractivity contribution in [2.75, 3.05) is 0 Å². The molecule has 0 radical (unpaired) electrons. The zero-order valence-corrected chi connectivity index (χ0v) is 13.0. The van der Waals surface area contributed by atoms with E-state index in [0.717, 1.165) is 30.7 Å². The van der Waals surface area contributed by atoms with Crippen molar-refractivity contribution in [2.24, 2.45) is 18.7 Å². The summed E-state index contributed by atoms with van der Waals surface area (Å²) in [6.07, 6.45) is 8.92. The average molecular weight is 301 g/mol. The van der Waals surface area contributed by atoms with Crippen LogP contribution < -0.4 is 11.4 Å². The molecule has 3 rings (SSSR count). The predicted molar refractivity (Wildman–Crippen MR) is 84.4 cm³/mol. The zero-order chi connectivity index (χ0) is 15.5. The van der Waals surface area contributed by atoms with Gasteiger partial charge in [-0.1, -0.05) is 18.9 Å². The average Bonchev–Trinajstić information content (AvgIpc) is 2.79. The molecular weight excluding hydrogens is 278 g/mol. The molecule has 2 aromatic rings. The molecule has 0 saturated heterocycles. The minimum absolute atomic E-state index is 0.0803. The Kier molecular flexibility index (Phi) is 4.38. The Morgan fingerprint density at radius 2 is 2.18 bits per heavy atom. The van der Waals surface area contributed by atoms with Crippen LogP contribution in [0.15, 0.2) is 29.3 Å². The lowest BCUT2D eigenvalue weighted by atomic mass is 9.83. The van der Waals surface area contributed by atoms with Crippen LogP contribution in [-0.4, -0.2) is 25.4 Å². The number of nitrogens with two attached hydrogens (primary N) is 1. The predicted octanol–water partition coefficient (Wildman–Crippen LogP) is 1.09. The molecule has 2 N–H and O–H groups in total. The summed E-state index contributed by atoms with van der Waals surface area (Å²) in [5.74, 6) is 1.26. The van der Waals surface area contributed by atoms with E-state index in [4.69, 9.17) is 5.73 Å². The second-order valence-electron chi connectivity index (χ2n) is 6.19. The van der Waals surface area contributed by atoms with Crippen LogP contribution in [0.1, 0.15) is 37.1 Å². The SMILES string of the molecule is Cn1c(C[C@H]2CCCC[C@H]2N)nn(Cc2cccnc2)c1=O. The van der Waals surface area contributed by atoms with Crippen LogP contribution in [0, 0.1) is 5.92 Å². The first-order valence-electron chi connectivity index (χ1n) is 7.92. The summed E-state index contributed by atoms with van der Waals surface area (Å²) in [6.45, 7) is 0.456. The minimum Gasteiger partial charge on any atom is -0.327 e. The van der Waals surface area contributed by atoms with Gasteiger partial charge in [0.2, 0.25) is 0 Å². The molecule has 1 aliphatic carbocycles. The van der Waals surface area contributed by atoms with E-state index in [1.165, 1.54) is 17.5 Å². The maximum absolute atomic E-state index is 12.3. The van der Waals surface area contributed by atoms with Crippen LogP contribution in [0.2, 0.25) is 0 Å². The highest BCUT2D eigenvalue weighted by molar-refractivity contribution is 5.08. The van der Waals surface area contributed by atoms with Crippen molar-refractivity contribution in [3.05, 3.63) is 46.4 Å². The van der Waals surface area contributed by atoms with Crippen molar-refractivity contribution in [2.45, 2.75) is 44.7 Å². The molecule has 0 bridgehead atoms. The minimum atomic E-state index is -0.0803. The fourth-order valence-corrected chi connectivity index (χ4v) is 3.20. The van der Waals surface area contributed by atoms with E-state index in [0.29, 0.717) is 12.5 Å². The Balaban J connectivity index is 1.78. The molecule has 0 aromatic carbocycles. The number of nitrogens with zero attached hydrogens (tertiary/aromatic N) is 4. The van der Waals surface area contributed by atoms with Gasteiger partial charge in [-0.15, -0.1) is 0 Å². The summed E-state index contributed by atoms with van der Waals surface area (Å²) in [5, 5.41) is 4.52. The molecule has 2 heterocycles. The Hall–Kier alpha value is -1.95. The Morgan fingerprint density at radius 1 is 1.36 bits per heavy atom. The fraction of sp³-hybridized carbons (Fsp3) is 0.562. The first kappa shape index (κ1) is 15.0. The van der Waals surface area contributed by atoms with Gasteiger partial charge >= 0.3 is 5.69 Å². The zero-order valence-electron chi connectivity index (χ0n) is 13.0. The van der Waals surface area contributed by atoms with Gasteiger partial charge in [0, 0.05) is 31.9 Å². The lowest BCUT2D eigenvalue weighted by molar-refractivity contribution is 0.300. The van der Waals surface area contributed by atoms with Gasteiger partial charge in [-0.05, 0) is 30.4 Å². The van der Waals surface area contributed by atoms with Crippen LogP contribution >= 0.6 is 0 Å². The van der Waals surface area contributed by atoms with E-state index in [2.05, 4.69) is 10.1 Å². The van der Waals surface area contributed by atoms with E-state index in [-0.39, 0.29) is 11.7 Å². The summed E-state index contributed by atoms with van der Waals surface area (Å²) in [6, 6.07) is 4.04. The lowest BCUT2D eigenvalue weighted by Crippen LogP contribution is -2.35. The lowest BCUT2D eigenvalue weighted by Gasteiger charge is -2.27. The van der Waals surface area contributed by atoms with Gasteiger partial charge in [0.15, 0.2) is 0 Å². The highest BCUT2D eigenvalue weighted by atomic mass is 16.2. The van der Waals surface area contributed by atoms with Gasteiger partial charge in [0.25, 0.3) is 0 Å². The van der Waals surface area contributed by atoms with Gasteiger partial charge in [-0.2, -0.15) is 5.10 Å². The number of pyridine rings is 1. The molecule has 1 saturated carbocycles. The summed E-state index contributed by atoms with van der Waals surface area (Å²) >= 11 is 0. The highest BCUT2D eigenvalue weighted by Crippen LogP contribution is 2.25. The molecular formula is C16H23N5O. The summed E-state index contributed by atoms with van der Waals surface area (Å²) in [4.78, 5) is 16.4. The third-order valence-electron chi connectivity index (χ3n) is 4.60. The quantitative estimate of drug-likeness (QED) is 0.916. The van der Waals surface area contributed by atoms with Crippen LogP contribution in [0.25, 0.3) is 0 Å². The number of hydrogen-bond acceptors (Lipinski definition) is 4. The van der Waals surface area contributed by atoms with Crippen molar-refractivity contribution >= 4 is 0 Å². The molecule has 6 heteroatoms. The normalized spacial score (nSPS) is 21.9. The van der Waals surface area contributed by atoms with E-state index < -0.39 is 0 Å². The first-order chi connectivity index (χ1) is 10.6. The van der Waals surface area contributed by atoms with Gasteiger partial charge in [-0.3, -0.25) is 9.55 Å². The van der Waals surface area contributed by atoms with Crippen molar-refractivity contribution in [3.63, 3.8) is 0 Å². The van der Waals surface area contributed by atoms with E-state index in [1.54, 1.807) is 24.0 Å². The summed E-state index contributed by atoms with van der Waals surface area (Å²) in [7, 11) is 1.79. The third-order valence-corrected chi connectivity index (χ3v) is 4.60. The van der Waals surface area contributed by atoms with Crippen molar-refractivity contribution in [3.8, 4) is 0 Å². The van der Waals surface area contributed by atoms with Crippen LogP contribution in [0.3, 0.4) is 0 Å². The largest absolute Gasteiger partial charge is 0.345 e. The van der Waals surface area contributed by atoms with Gasteiger partial charge in [0.1, 0.15) is 5.82 Å². The van der Waals surface area contributed by atoms with Crippen LogP contribution in [-0.2, 0) is 20.0 Å². The highest BCUT2D eigenvalue weighted by Gasteiger charge is 2.24. The van der Waals surface area contributed by atoms with E-state index in [1.807, 2.05) is 12.1 Å². The van der Waals surface area contributed by atoms with Crippen LogP contribution in [0.4, 0.5) is 0 Å². The molecule has 2 aromatic heterocycles. The molecule has 2 atom stereocenters. The molecule has 22 heavy (non-hydrogen) atoms. The Bertz CT molecular complexity index is 676. The molecule has 6 nitrogen and oxygen atoms in total. The molecule has 0 amide bonds. The van der Waals surface area contributed by atoms with E-state index >= 15 is 0 Å². The molecule has 0 unspecified atom stereocenters. The van der Waals surface area contributed by atoms with Gasteiger partial charge in [0.05, 0.1) is 6.54 Å². The molecule has 1 aliphatic rings. The van der Waals surface area contributed by atoms with Crippen molar-refractivity contribution in [1.29, 1.82) is 0 Å². The second kappa shape index (κ2) is 6.44. The van der Waals surface area contributed by atoms with Crippen LogP contribution in [0.5, 0.6) is 0 Å². The molecule has 0 aliphatic heterocycles. The number of hydrogen-bond donors (Lipinski definition) is 1.